The number of carbonyl (C=O) groups is 1. The molecule has 4 nitrogen and oxygen atoms in total. The number of piperidine rings is 1. The van der Waals surface area contributed by atoms with Crippen molar-refractivity contribution in [1.29, 1.82) is 0 Å². The van der Waals surface area contributed by atoms with Crippen LogP contribution in [0.25, 0.3) is 0 Å². The number of hydrogen-bond acceptors (Lipinski definition) is 3. The zero-order valence-electron chi connectivity index (χ0n) is 17.4. The Morgan fingerprint density at radius 1 is 1.22 bits per heavy atom. The smallest absolute Gasteiger partial charge is 0.167 e. The predicted molar refractivity (Wildman–Crippen MR) is 110 cm³/mol. The summed E-state index contributed by atoms with van der Waals surface area (Å²) < 4.78 is 2.00. The van der Waals surface area contributed by atoms with E-state index in [1.54, 1.807) is 0 Å². The van der Waals surface area contributed by atoms with E-state index in [0.717, 1.165) is 38.0 Å². The van der Waals surface area contributed by atoms with E-state index in [-0.39, 0.29) is 17.1 Å². The Balaban J connectivity index is 1.63. The molecule has 1 saturated heterocycles. The van der Waals surface area contributed by atoms with Crippen molar-refractivity contribution in [2.24, 2.45) is 5.92 Å². The third-order valence-corrected chi connectivity index (χ3v) is 5.50. The van der Waals surface area contributed by atoms with E-state index < -0.39 is 0 Å². The van der Waals surface area contributed by atoms with Crippen LogP contribution in [-0.4, -0.2) is 33.6 Å². The molecule has 1 aromatic carbocycles. The molecular formula is C23H33N3O. The number of benzene rings is 1. The summed E-state index contributed by atoms with van der Waals surface area (Å²) in [5.74, 6) is 0.386. The molecule has 1 aromatic heterocycles. The highest BCUT2D eigenvalue weighted by molar-refractivity contribution is 5.98. The van der Waals surface area contributed by atoms with E-state index in [1.165, 1.54) is 11.1 Å². The van der Waals surface area contributed by atoms with Gasteiger partial charge in [0.2, 0.25) is 0 Å². The Kier molecular flexibility index (Phi) is 5.85. The van der Waals surface area contributed by atoms with Crippen LogP contribution in [0, 0.1) is 5.92 Å². The molecule has 1 aliphatic rings. The van der Waals surface area contributed by atoms with Crippen molar-refractivity contribution < 1.29 is 4.79 Å². The van der Waals surface area contributed by atoms with E-state index in [1.807, 2.05) is 23.0 Å². The van der Waals surface area contributed by atoms with Crippen molar-refractivity contribution in [3.8, 4) is 0 Å². The molecule has 0 saturated carbocycles. The Morgan fingerprint density at radius 3 is 2.52 bits per heavy atom. The van der Waals surface area contributed by atoms with Crippen LogP contribution in [-0.2, 0) is 12.0 Å². The Morgan fingerprint density at radius 2 is 1.93 bits per heavy atom. The average molecular weight is 368 g/mol. The van der Waals surface area contributed by atoms with Crippen LogP contribution in [0.1, 0.15) is 75.0 Å². The Labute approximate surface area is 163 Å². The maximum atomic E-state index is 13.0. The molecule has 1 aliphatic heterocycles. The molecule has 27 heavy (non-hydrogen) atoms. The van der Waals surface area contributed by atoms with Gasteiger partial charge in [0.1, 0.15) is 0 Å². The lowest BCUT2D eigenvalue weighted by molar-refractivity contribution is 0.0811. The minimum atomic E-state index is 0.0966. The van der Waals surface area contributed by atoms with Crippen molar-refractivity contribution in [3.63, 3.8) is 0 Å². The first-order valence-corrected chi connectivity index (χ1v) is 10.1. The van der Waals surface area contributed by atoms with E-state index in [9.17, 15) is 4.79 Å². The number of rotatable bonds is 5. The topological polar surface area (TPSA) is 38.1 Å². The van der Waals surface area contributed by atoms with Crippen LogP contribution in [0.3, 0.4) is 0 Å². The van der Waals surface area contributed by atoms with E-state index in [0.29, 0.717) is 6.04 Å². The second-order valence-electron chi connectivity index (χ2n) is 9.19. The molecule has 0 spiro atoms. The van der Waals surface area contributed by atoms with Crippen molar-refractivity contribution in [2.45, 2.75) is 65.5 Å². The van der Waals surface area contributed by atoms with Gasteiger partial charge >= 0.3 is 0 Å². The minimum Gasteiger partial charge on any atom is -0.298 e. The molecule has 2 heterocycles. The number of aromatic nitrogens is 2. The molecule has 0 aliphatic carbocycles. The van der Waals surface area contributed by atoms with Gasteiger partial charge < -0.3 is 0 Å². The standard InChI is InChI=1S/C23H33N3O/c1-17(2)26-15-18(13-24-26)14-25-12-6-7-20(16-25)22(27)19-8-10-21(11-9-19)23(3,4)5/h8-11,13,15,17,20H,6-7,12,14,16H2,1-5H3/t20-/m0/s1. The van der Waals surface area contributed by atoms with Crippen LogP contribution < -0.4 is 0 Å². The summed E-state index contributed by atoms with van der Waals surface area (Å²) in [7, 11) is 0. The molecule has 4 heteroatoms. The highest BCUT2D eigenvalue weighted by atomic mass is 16.1. The molecule has 0 N–H and O–H groups in total. The predicted octanol–water partition coefficient (Wildman–Crippen LogP) is 4.86. The fraction of sp³-hybridized carbons (Fsp3) is 0.565. The van der Waals surface area contributed by atoms with Crippen LogP contribution in [0.2, 0.25) is 0 Å². The molecule has 0 amide bonds. The SMILES string of the molecule is CC(C)n1cc(CN2CCC[C@H](C(=O)c3ccc(C(C)(C)C)cc3)C2)cn1. The molecule has 0 bridgehead atoms. The lowest BCUT2D eigenvalue weighted by atomic mass is 9.85. The second-order valence-corrected chi connectivity index (χ2v) is 9.19. The van der Waals surface area contributed by atoms with Gasteiger partial charge in [0.25, 0.3) is 0 Å². The van der Waals surface area contributed by atoms with Gasteiger partial charge in [-0.3, -0.25) is 14.4 Å². The fourth-order valence-electron chi connectivity index (χ4n) is 3.78. The van der Waals surface area contributed by atoms with E-state index in [2.05, 4.69) is 62.9 Å². The first-order valence-electron chi connectivity index (χ1n) is 10.1. The highest BCUT2D eigenvalue weighted by Crippen LogP contribution is 2.25. The van der Waals surface area contributed by atoms with Crippen molar-refractivity contribution in [1.82, 2.24) is 14.7 Å². The molecule has 146 valence electrons. The fourth-order valence-corrected chi connectivity index (χ4v) is 3.78. The summed E-state index contributed by atoms with van der Waals surface area (Å²) in [6, 6.07) is 8.61. The molecular weight excluding hydrogens is 334 g/mol. The van der Waals surface area contributed by atoms with Crippen molar-refractivity contribution >= 4 is 5.78 Å². The van der Waals surface area contributed by atoms with Crippen molar-refractivity contribution in [3.05, 3.63) is 53.3 Å². The van der Waals surface area contributed by atoms with Gasteiger partial charge in [-0.25, -0.2) is 0 Å². The number of hydrogen-bond donors (Lipinski definition) is 0. The largest absolute Gasteiger partial charge is 0.298 e. The van der Waals surface area contributed by atoms with Gasteiger partial charge in [-0.2, -0.15) is 5.10 Å². The van der Waals surface area contributed by atoms with Gasteiger partial charge in [0, 0.05) is 42.4 Å². The monoisotopic (exact) mass is 367 g/mol. The summed E-state index contributed by atoms with van der Waals surface area (Å²) in [6.07, 6.45) is 6.15. The van der Waals surface area contributed by atoms with Crippen LogP contribution in [0.15, 0.2) is 36.7 Å². The van der Waals surface area contributed by atoms with Gasteiger partial charge in [0.15, 0.2) is 5.78 Å². The minimum absolute atomic E-state index is 0.0966. The van der Waals surface area contributed by atoms with Gasteiger partial charge in [0.05, 0.1) is 6.20 Å². The zero-order valence-corrected chi connectivity index (χ0v) is 17.4. The quantitative estimate of drug-likeness (QED) is 0.709. The normalized spacial score (nSPS) is 18.8. The lowest BCUT2D eigenvalue weighted by Gasteiger charge is -2.31. The van der Waals surface area contributed by atoms with Crippen LogP contribution >= 0.6 is 0 Å². The second kappa shape index (κ2) is 7.97. The molecule has 0 unspecified atom stereocenters. The molecule has 0 radical (unpaired) electrons. The van der Waals surface area contributed by atoms with E-state index >= 15 is 0 Å². The summed E-state index contributed by atoms with van der Waals surface area (Å²) in [4.78, 5) is 15.4. The van der Waals surface area contributed by atoms with Crippen LogP contribution in [0.4, 0.5) is 0 Å². The maximum Gasteiger partial charge on any atom is 0.167 e. The molecule has 3 rings (SSSR count). The number of nitrogens with zero attached hydrogens (tertiary/aromatic N) is 3. The summed E-state index contributed by atoms with van der Waals surface area (Å²) in [5.41, 5.74) is 3.46. The molecule has 1 fully saturated rings. The van der Waals surface area contributed by atoms with Crippen molar-refractivity contribution in [2.75, 3.05) is 13.1 Å². The number of carbonyl (C=O) groups excluding carboxylic acids is 1. The first-order chi connectivity index (χ1) is 12.7. The highest BCUT2D eigenvalue weighted by Gasteiger charge is 2.27. The van der Waals surface area contributed by atoms with Gasteiger partial charge in [-0.1, -0.05) is 45.0 Å². The molecule has 1 atom stereocenters. The summed E-state index contributed by atoms with van der Waals surface area (Å²) in [5, 5.41) is 4.43. The number of ketones is 1. The summed E-state index contributed by atoms with van der Waals surface area (Å²) in [6.45, 7) is 13.6. The number of likely N-dealkylation sites (tertiary alicyclic amines) is 1. The third kappa shape index (κ3) is 4.86. The van der Waals surface area contributed by atoms with Crippen LogP contribution in [0.5, 0.6) is 0 Å². The lowest BCUT2D eigenvalue weighted by Crippen LogP contribution is -2.38. The maximum absolute atomic E-state index is 13.0. The van der Waals surface area contributed by atoms with Gasteiger partial charge in [-0.05, 0) is 44.2 Å². The zero-order chi connectivity index (χ0) is 19.6. The van der Waals surface area contributed by atoms with Gasteiger partial charge in [-0.15, -0.1) is 0 Å². The Hall–Kier alpha value is -1.94. The van der Waals surface area contributed by atoms with E-state index in [4.69, 9.17) is 0 Å². The Bertz CT molecular complexity index is 768. The molecule has 2 aromatic rings. The first kappa shape index (κ1) is 19.8. The third-order valence-electron chi connectivity index (χ3n) is 5.50. The average Bonchev–Trinajstić information content (AvgIpc) is 3.09. The number of Topliss-reactive ketones (excluding diaryl/α,β-unsaturated/α-hetero) is 1. The summed E-state index contributed by atoms with van der Waals surface area (Å²) >= 11 is 0.